The molecule has 166 valence electrons. The molecule has 30 heavy (non-hydrogen) atoms. The number of nitrogens with zero attached hydrogens (tertiary/aromatic N) is 3. The van der Waals surface area contributed by atoms with E-state index in [4.69, 9.17) is 0 Å². The van der Waals surface area contributed by atoms with Gasteiger partial charge in [0.1, 0.15) is 0 Å². The van der Waals surface area contributed by atoms with Gasteiger partial charge in [0.25, 0.3) is 5.91 Å². The van der Waals surface area contributed by atoms with Gasteiger partial charge in [-0.3, -0.25) is 9.59 Å². The van der Waals surface area contributed by atoms with Gasteiger partial charge in [-0.05, 0) is 57.3 Å². The highest BCUT2D eigenvalue weighted by atomic mass is 16.2. The lowest BCUT2D eigenvalue weighted by Crippen LogP contribution is -2.46. The maximum atomic E-state index is 12.6. The van der Waals surface area contributed by atoms with Crippen LogP contribution in [-0.2, 0) is 4.79 Å². The molecular formula is C24H38N4O2. The van der Waals surface area contributed by atoms with Gasteiger partial charge in [-0.2, -0.15) is 0 Å². The molecule has 1 aromatic carbocycles. The van der Waals surface area contributed by atoms with E-state index in [2.05, 4.69) is 22.0 Å². The molecule has 0 radical (unpaired) electrons. The summed E-state index contributed by atoms with van der Waals surface area (Å²) in [5.74, 6) is 0.654. The van der Waals surface area contributed by atoms with Crippen LogP contribution in [0.2, 0.25) is 0 Å². The van der Waals surface area contributed by atoms with Gasteiger partial charge in [0.2, 0.25) is 5.91 Å². The second kappa shape index (κ2) is 11.5. The molecule has 1 aromatic rings. The molecule has 0 atom stereocenters. The lowest BCUT2D eigenvalue weighted by atomic mass is 9.93. The average molecular weight is 415 g/mol. The van der Waals surface area contributed by atoms with Crippen LogP contribution in [0.4, 0.5) is 0 Å². The summed E-state index contributed by atoms with van der Waals surface area (Å²) in [7, 11) is 0. The minimum atomic E-state index is 0.109. The van der Waals surface area contributed by atoms with Crippen LogP contribution in [0.5, 0.6) is 0 Å². The molecule has 0 saturated carbocycles. The van der Waals surface area contributed by atoms with Crippen molar-refractivity contribution in [2.45, 2.75) is 39.5 Å². The van der Waals surface area contributed by atoms with E-state index in [-0.39, 0.29) is 11.8 Å². The van der Waals surface area contributed by atoms with Crippen LogP contribution in [-0.4, -0.2) is 85.4 Å². The van der Waals surface area contributed by atoms with Gasteiger partial charge >= 0.3 is 0 Å². The van der Waals surface area contributed by atoms with Crippen molar-refractivity contribution in [1.29, 1.82) is 0 Å². The number of piperazine rings is 1. The van der Waals surface area contributed by atoms with Crippen molar-refractivity contribution in [1.82, 2.24) is 20.0 Å². The lowest BCUT2D eigenvalue weighted by Gasteiger charge is -2.34. The largest absolute Gasteiger partial charge is 0.356 e. The number of benzene rings is 1. The molecule has 0 spiro atoms. The number of nitrogens with one attached hydrogen (secondary N) is 1. The van der Waals surface area contributed by atoms with Gasteiger partial charge in [-0.15, -0.1) is 0 Å². The fourth-order valence-electron chi connectivity index (χ4n) is 4.41. The molecule has 2 aliphatic heterocycles. The minimum absolute atomic E-state index is 0.109. The van der Waals surface area contributed by atoms with Crippen molar-refractivity contribution in [3.8, 4) is 0 Å². The lowest BCUT2D eigenvalue weighted by molar-refractivity contribution is -0.122. The fourth-order valence-corrected chi connectivity index (χ4v) is 4.41. The number of aryl methyl sites for hydroxylation is 1. The molecule has 2 amide bonds. The third kappa shape index (κ3) is 6.81. The van der Waals surface area contributed by atoms with Crippen LogP contribution in [0.25, 0.3) is 0 Å². The van der Waals surface area contributed by atoms with E-state index in [9.17, 15) is 9.59 Å². The molecule has 0 unspecified atom stereocenters. The van der Waals surface area contributed by atoms with Crippen molar-refractivity contribution in [2.24, 2.45) is 5.92 Å². The van der Waals surface area contributed by atoms with Gasteiger partial charge in [0.15, 0.2) is 0 Å². The molecule has 0 bridgehead atoms. The number of hydrogen-bond acceptors (Lipinski definition) is 4. The Balaban J connectivity index is 1.28. The highest BCUT2D eigenvalue weighted by Crippen LogP contribution is 2.22. The summed E-state index contributed by atoms with van der Waals surface area (Å²) >= 11 is 0. The van der Waals surface area contributed by atoms with Crippen molar-refractivity contribution >= 4 is 11.8 Å². The molecule has 3 rings (SSSR count). The smallest absolute Gasteiger partial charge is 0.253 e. The van der Waals surface area contributed by atoms with Crippen molar-refractivity contribution < 1.29 is 9.59 Å². The predicted molar refractivity (Wildman–Crippen MR) is 121 cm³/mol. The van der Waals surface area contributed by atoms with E-state index in [0.717, 1.165) is 89.3 Å². The summed E-state index contributed by atoms with van der Waals surface area (Å²) < 4.78 is 0. The van der Waals surface area contributed by atoms with Crippen LogP contribution in [0.1, 0.15) is 48.5 Å². The Bertz CT molecular complexity index is 675. The van der Waals surface area contributed by atoms with E-state index >= 15 is 0 Å². The molecule has 2 heterocycles. The summed E-state index contributed by atoms with van der Waals surface area (Å²) in [6.45, 7) is 13.3. The predicted octanol–water partition coefficient (Wildman–Crippen LogP) is 2.38. The maximum absolute atomic E-state index is 12.6. The number of rotatable bonds is 8. The number of carbonyl (C=O) groups excluding carboxylic acids is 2. The van der Waals surface area contributed by atoms with Crippen molar-refractivity contribution in [2.75, 3.05) is 58.9 Å². The Morgan fingerprint density at radius 3 is 2.23 bits per heavy atom. The van der Waals surface area contributed by atoms with Gasteiger partial charge < -0.3 is 20.0 Å². The summed E-state index contributed by atoms with van der Waals surface area (Å²) in [5, 5.41) is 3.10. The number of likely N-dealkylation sites (N-methyl/N-ethyl adjacent to an activating group) is 1. The SMILES string of the molecule is CCN1CCN(CCCNC(=O)CC2CCN(C(=O)c3ccc(C)cc3)CC2)CC1. The minimum Gasteiger partial charge on any atom is -0.356 e. The molecule has 2 aliphatic rings. The van der Waals surface area contributed by atoms with E-state index in [0.29, 0.717) is 12.3 Å². The summed E-state index contributed by atoms with van der Waals surface area (Å²) in [6, 6.07) is 7.77. The van der Waals surface area contributed by atoms with Crippen LogP contribution < -0.4 is 5.32 Å². The molecular weight excluding hydrogens is 376 g/mol. The number of hydrogen-bond donors (Lipinski definition) is 1. The molecule has 2 saturated heterocycles. The Morgan fingerprint density at radius 2 is 1.60 bits per heavy atom. The van der Waals surface area contributed by atoms with Crippen molar-refractivity contribution in [3.63, 3.8) is 0 Å². The molecule has 2 fully saturated rings. The third-order valence-corrected chi connectivity index (χ3v) is 6.56. The quantitative estimate of drug-likeness (QED) is 0.664. The van der Waals surface area contributed by atoms with E-state index in [1.165, 1.54) is 0 Å². The van der Waals surface area contributed by atoms with Gasteiger partial charge in [-0.25, -0.2) is 0 Å². The first-order valence-electron chi connectivity index (χ1n) is 11.6. The standard InChI is InChI=1S/C24H38N4O2/c1-3-26-15-17-27(18-16-26)12-4-11-25-23(29)19-21-9-13-28(14-10-21)24(30)22-7-5-20(2)6-8-22/h5-8,21H,3-4,9-19H2,1-2H3,(H,25,29). The number of amides is 2. The first-order chi connectivity index (χ1) is 14.5. The highest BCUT2D eigenvalue weighted by molar-refractivity contribution is 5.94. The number of carbonyl (C=O) groups is 2. The van der Waals surface area contributed by atoms with E-state index in [1.54, 1.807) is 0 Å². The molecule has 0 aromatic heterocycles. The van der Waals surface area contributed by atoms with Crippen LogP contribution in [0.3, 0.4) is 0 Å². The maximum Gasteiger partial charge on any atom is 0.253 e. The van der Waals surface area contributed by atoms with Gasteiger partial charge in [0.05, 0.1) is 0 Å². The Labute approximate surface area is 181 Å². The van der Waals surface area contributed by atoms with Crippen molar-refractivity contribution in [3.05, 3.63) is 35.4 Å². The Hall–Kier alpha value is -1.92. The zero-order chi connectivity index (χ0) is 21.3. The first-order valence-corrected chi connectivity index (χ1v) is 11.6. The first kappa shape index (κ1) is 22.8. The Kier molecular flexibility index (Phi) is 8.70. The molecule has 6 heteroatoms. The van der Waals surface area contributed by atoms with Crippen LogP contribution >= 0.6 is 0 Å². The van der Waals surface area contributed by atoms with E-state index in [1.807, 2.05) is 36.1 Å². The topological polar surface area (TPSA) is 55.9 Å². The zero-order valence-electron chi connectivity index (χ0n) is 18.7. The average Bonchev–Trinajstić information content (AvgIpc) is 2.78. The zero-order valence-corrected chi connectivity index (χ0v) is 18.7. The summed E-state index contributed by atoms with van der Waals surface area (Å²) in [5.41, 5.74) is 1.92. The number of likely N-dealkylation sites (tertiary alicyclic amines) is 1. The fraction of sp³-hybridized carbons (Fsp3) is 0.667. The summed E-state index contributed by atoms with van der Waals surface area (Å²) in [6.07, 6.45) is 3.42. The normalized spacial score (nSPS) is 19.1. The third-order valence-electron chi connectivity index (χ3n) is 6.56. The van der Waals surface area contributed by atoms with Crippen LogP contribution in [0.15, 0.2) is 24.3 Å². The highest BCUT2D eigenvalue weighted by Gasteiger charge is 2.25. The van der Waals surface area contributed by atoms with Gasteiger partial charge in [-0.1, -0.05) is 24.6 Å². The second-order valence-electron chi connectivity index (χ2n) is 8.79. The van der Waals surface area contributed by atoms with E-state index < -0.39 is 0 Å². The molecule has 1 N–H and O–H groups in total. The van der Waals surface area contributed by atoms with Gasteiger partial charge in [0, 0.05) is 57.8 Å². The molecule has 0 aliphatic carbocycles. The second-order valence-corrected chi connectivity index (χ2v) is 8.79. The molecule has 6 nitrogen and oxygen atoms in total. The number of piperidine rings is 1. The monoisotopic (exact) mass is 414 g/mol. The summed E-state index contributed by atoms with van der Waals surface area (Å²) in [4.78, 5) is 31.8. The Morgan fingerprint density at radius 1 is 0.967 bits per heavy atom. The van der Waals surface area contributed by atoms with Crippen LogP contribution in [0, 0.1) is 12.8 Å².